The van der Waals surface area contributed by atoms with Crippen LogP contribution in [0.15, 0.2) is 59.1 Å². The molecule has 2 amide bonds. The summed E-state index contributed by atoms with van der Waals surface area (Å²) in [6.07, 6.45) is 0. The fraction of sp³-hybridized carbons (Fsp3) is 0.150. The molecule has 0 aliphatic carbocycles. The molecule has 0 atom stereocenters. The van der Waals surface area contributed by atoms with Crippen molar-refractivity contribution in [2.24, 2.45) is 0 Å². The Balaban J connectivity index is 1.61. The van der Waals surface area contributed by atoms with Crippen molar-refractivity contribution in [1.29, 1.82) is 0 Å². The molecule has 138 valence electrons. The number of hydrogen-bond donors (Lipinski definition) is 2. The molecule has 0 fully saturated rings. The third-order valence-electron chi connectivity index (χ3n) is 3.90. The molecule has 7 nitrogen and oxygen atoms in total. The second kappa shape index (κ2) is 8.18. The first-order valence-corrected chi connectivity index (χ1v) is 8.35. The van der Waals surface area contributed by atoms with Gasteiger partial charge in [-0.3, -0.25) is 20.4 Å². The van der Waals surface area contributed by atoms with Crippen LogP contribution in [-0.4, -0.2) is 23.6 Å². The second-order valence-corrected chi connectivity index (χ2v) is 5.88. The summed E-state index contributed by atoms with van der Waals surface area (Å²) >= 11 is 0. The lowest BCUT2D eigenvalue weighted by atomic mass is 10.1. The predicted octanol–water partition coefficient (Wildman–Crippen LogP) is 2.80. The third-order valence-corrected chi connectivity index (χ3v) is 3.90. The topological polar surface area (TPSA) is 93.5 Å². The summed E-state index contributed by atoms with van der Waals surface area (Å²) in [5.41, 5.74) is 7.04. The van der Waals surface area contributed by atoms with Crippen molar-refractivity contribution in [3.8, 4) is 17.0 Å². The molecule has 27 heavy (non-hydrogen) atoms. The minimum atomic E-state index is -0.517. The van der Waals surface area contributed by atoms with Gasteiger partial charge in [-0.05, 0) is 25.5 Å². The second-order valence-electron chi connectivity index (χ2n) is 5.88. The Labute approximate surface area is 156 Å². The summed E-state index contributed by atoms with van der Waals surface area (Å²) in [4.78, 5) is 24.4. The molecule has 0 bridgehead atoms. The van der Waals surface area contributed by atoms with Gasteiger partial charge in [0.1, 0.15) is 22.8 Å². The number of aromatic nitrogens is 1. The number of para-hydroxylation sites is 1. The van der Waals surface area contributed by atoms with E-state index in [2.05, 4.69) is 16.0 Å². The fourth-order valence-electron chi connectivity index (χ4n) is 2.52. The van der Waals surface area contributed by atoms with E-state index in [0.717, 1.165) is 11.1 Å². The van der Waals surface area contributed by atoms with E-state index < -0.39 is 11.8 Å². The Morgan fingerprint density at radius 2 is 1.70 bits per heavy atom. The first-order valence-electron chi connectivity index (χ1n) is 8.35. The Morgan fingerprint density at radius 3 is 2.44 bits per heavy atom. The lowest BCUT2D eigenvalue weighted by Crippen LogP contribution is -2.44. The quantitative estimate of drug-likeness (QED) is 0.678. The van der Waals surface area contributed by atoms with E-state index in [-0.39, 0.29) is 12.2 Å². The smallest absolute Gasteiger partial charge is 0.276 e. The molecule has 1 aromatic heterocycles. The number of carbonyl (C=O) groups is 2. The van der Waals surface area contributed by atoms with Gasteiger partial charge in [0.15, 0.2) is 6.61 Å². The van der Waals surface area contributed by atoms with Crippen LogP contribution in [0.1, 0.15) is 21.7 Å². The number of hydrogen-bond acceptors (Lipinski definition) is 5. The zero-order chi connectivity index (χ0) is 19.2. The number of carbonyl (C=O) groups excluding carboxylic acids is 2. The Hall–Kier alpha value is -3.61. The van der Waals surface area contributed by atoms with E-state index in [0.29, 0.717) is 17.2 Å². The van der Waals surface area contributed by atoms with Crippen molar-refractivity contribution in [3.05, 3.63) is 71.5 Å². The minimum Gasteiger partial charge on any atom is -0.483 e. The van der Waals surface area contributed by atoms with Gasteiger partial charge in [0, 0.05) is 5.56 Å². The molecule has 0 aliphatic rings. The Morgan fingerprint density at radius 1 is 1.00 bits per heavy atom. The molecule has 7 heteroatoms. The van der Waals surface area contributed by atoms with E-state index in [1.54, 1.807) is 13.0 Å². The van der Waals surface area contributed by atoms with Crippen LogP contribution in [0.4, 0.5) is 0 Å². The number of nitrogens with one attached hydrogen (secondary N) is 2. The van der Waals surface area contributed by atoms with E-state index in [9.17, 15) is 9.59 Å². The van der Waals surface area contributed by atoms with E-state index in [1.165, 1.54) is 0 Å². The highest BCUT2D eigenvalue weighted by Crippen LogP contribution is 2.24. The molecule has 3 aromatic rings. The van der Waals surface area contributed by atoms with Crippen LogP contribution < -0.4 is 15.6 Å². The van der Waals surface area contributed by atoms with Gasteiger partial charge in [-0.25, -0.2) is 0 Å². The lowest BCUT2D eigenvalue weighted by Gasteiger charge is -2.10. The average Bonchev–Trinajstić information content (AvgIpc) is 3.07. The van der Waals surface area contributed by atoms with Crippen LogP contribution in [0, 0.1) is 13.8 Å². The summed E-state index contributed by atoms with van der Waals surface area (Å²) < 4.78 is 10.6. The molecule has 0 aliphatic heterocycles. The highest BCUT2D eigenvalue weighted by molar-refractivity contribution is 6.01. The fourth-order valence-corrected chi connectivity index (χ4v) is 2.52. The molecule has 2 N–H and O–H groups in total. The molecule has 0 radical (unpaired) electrons. The monoisotopic (exact) mass is 365 g/mol. The summed E-state index contributed by atoms with van der Waals surface area (Å²) in [5, 5.41) is 3.95. The number of aryl methyl sites for hydroxylation is 2. The molecule has 0 spiro atoms. The van der Waals surface area contributed by atoms with Crippen LogP contribution in [0.5, 0.6) is 5.75 Å². The maximum absolute atomic E-state index is 12.5. The summed E-state index contributed by atoms with van der Waals surface area (Å²) in [6.45, 7) is 3.30. The van der Waals surface area contributed by atoms with Gasteiger partial charge < -0.3 is 9.26 Å². The highest BCUT2D eigenvalue weighted by Gasteiger charge is 2.21. The van der Waals surface area contributed by atoms with Crippen molar-refractivity contribution < 1.29 is 18.8 Å². The number of amides is 2. The number of benzene rings is 2. The van der Waals surface area contributed by atoms with E-state index in [1.807, 2.05) is 55.5 Å². The average molecular weight is 365 g/mol. The van der Waals surface area contributed by atoms with Gasteiger partial charge in [-0.1, -0.05) is 53.7 Å². The van der Waals surface area contributed by atoms with Crippen LogP contribution in [0.2, 0.25) is 0 Å². The zero-order valence-corrected chi connectivity index (χ0v) is 15.0. The zero-order valence-electron chi connectivity index (χ0n) is 15.0. The number of rotatable bonds is 5. The minimum absolute atomic E-state index is 0.223. The summed E-state index contributed by atoms with van der Waals surface area (Å²) in [6, 6.07) is 16.5. The number of hydrazine groups is 1. The van der Waals surface area contributed by atoms with Crippen molar-refractivity contribution >= 4 is 11.8 Å². The summed E-state index contributed by atoms with van der Waals surface area (Å²) in [7, 11) is 0. The Kier molecular flexibility index (Phi) is 5.51. The third kappa shape index (κ3) is 4.33. The van der Waals surface area contributed by atoms with Crippen LogP contribution >= 0.6 is 0 Å². The molecular formula is C20H19N3O4. The SMILES string of the molecule is Cc1ccccc1OCC(=O)NNC(=O)c1c(-c2ccccc2)noc1C. The first kappa shape index (κ1) is 18.2. The van der Waals surface area contributed by atoms with Gasteiger partial charge in [0.05, 0.1) is 0 Å². The lowest BCUT2D eigenvalue weighted by molar-refractivity contribution is -0.123. The normalized spacial score (nSPS) is 10.3. The van der Waals surface area contributed by atoms with Crippen molar-refractivity contribution in [3.63, 3.8) is 0 Å². The molecule has 0 unspecified atom stereocenters. The maximum Gasteiger partial charge on any atom is 0.276 e. The number of ether oxygens (including phenoxy) is 1. The van der Waals surface area contributed by atoms with Gasteiger partial charge in [-0.15, -0.1) is 0 Å². The first-order chi connectivity index (χ1) is 13.1. The molecule has 0 saturated carbocycles. The summed E-state index contributed by atoms with van der Waals surface area (Å²) in [5.74, 6) is -0.0317. The van der Waals surface area contributed by atoms with Crippen LogP contribution in [0.25, 0.3) is 11.3 Å². The van der Waals surface area contributed by atoms with Gasteiger partial charge in [0.25, 0.3) is 11.8 Å². The van der Waals surface area contributed by atoms with Crippen molar-refractivity contribution in [2.75, 3.05) is 6.61 Å². The number of nitrogens with zero attached hydrogens (tertiary/aromatic N) is 1. The van der Waals surface area contributed by atoms with Crippen molar-refractivity contribution in [1.82, 2.24) is 16.0 Å². The maximum atomic E-state index is 12.5. The molecule has 2 aromatic carbocycles. The van der Waals surface area contributed by atoms with E-state index in [4.69, 9.17) is 9.26 Å². The predicted molar refractivity (Wildman–Crippen MR) is 99.0 cm³/mol. The molecule has 0 saturated heterocycles. The van der Waals surface area contributed by atoms with Gasteiger partial charge in [0.2, 0.25) is 0 Å². The highest BCUT2D eigenvalue weighted by atomic mass is 16.5. The van der Waals surface area contributed by atoms with Gasteiger partial charge >= 0.3 is 0 Å². The van der Waals surface area contributed by atoms with Crippen molar-refractivity contribution in [2.45, 2.75) is 13.8 Å². The van der Waals surface area contributed by atoms with Gasteiger partial charge in [-0.2, -0.15) is 0 Å². The van der Waals surface area contributed by atoms with Crippen LogP contribution in [0.3, 0.4) is 0 Å². The molecular weight excluding hydrogens is 346 g/mol. The Bertz CT molecular complexity index is 951. The van der Waals surface area contributed by atoms with E-state index >= 15 is 0 Å². The molecule has 1 heterocycles. The largest absolute Gasteiger partial charge is 0.483 e. The molecule has 3 rings (SSSR count). The van der Waals surface area contributed by atoms with Crippen LogP contribution in [-0.2, 0) is 4.79 Å². The standard InChI is InChI=1S/C20H19N3O4/c1-13-8-6-7-11-16(13)26-12-17(24)21-22-20(25)18-14(2)27-23-19(18)15-9-4-3-5-10-15/h3-11H,12H2,1-2H3,(H,21,24)(H,22,25).